The van der Waals surface area contributed by atoms with Gasteiger partial charge in [0.2, 0.25) is 0 Å². The van der Waals surface area contributed by atoms with Gasteiger partial charge in [-0.3, -0.25) is 10.1 Å². The second-order valence-electron chi connectivity index (χ2n) is 7.95. The van der Waals surface area contributed by atoms with Gasteiger partial charge in [-0.2, -0.15) is 0 Å². The minimum absolute atomic E-state index is 0.134. The Morgan fingerprint density at radius 3 is 2.34 bits per heavy atom. The zero-order valence-corrected chi connectivity index (χ0v) is 19.9. The van der Waals surface area contributed by atoms with Crippen LogP contribution in [0.5, 0.6) is 0 Å². The highest BCUT2D eigenvalue weighted by Crippen LogP contribution is 2.29. The zero-order chi connectivity index (χ0) is 22.7. The van der Waals surface area contributed by atoms with E-state index in [0.29, 0.717) is 21.4 Å². The summed E-state index contributed by atoms with van der Waals surface area (Å²) in [5.41, 5.74) is 2.69. The summed E-state index contributed by atoms with van der Waals surface area (Å²) in [7, 11) is 0. The van der Waals surface area contributed by atoms with Crippen LogP contribution in [0.2, 0.25) is 10.0 Å². The maximum absolute atomic E-state index is 12.5. The highest BCUT2D eigenvalue weighted by atomic mass is 35.5. The minimum atomic E-state index is -0.444. The number of thiocarbonyl (C=S) groups is 1. The van der Waals surface area contributed by atoms with Crippen molar-refractivity contribution in [3.8, 4) is 11.3 Å². The first-order valence-electron chi connectivity index (χ1n) is 10.4. The van der Waals surface area contributed by atoms with Crippen LogP contribution in [-0.2, 0) is 0 Å². The molecule has 2 N–H and O–H groups in total. The molecule has 0 aliphatic carbocycles. The number of carbonyl (C=O) groups is 1. The van der Waals surface area contributed by atoms with Crippen molar-refractivity contribution in [1.29, 1.82) is 0 Å². The lowest BCUT2D eigenvalue weighted by Gasteiger charge is -2.32. The molecule has 5 nitrogen and oxygen atoms in total. The second-order valence-corrected chi connectivity index (χ2v) is 9.23. The molecule has 0 bridgehead atoms. The molecule has 0 saturated carbocycles. The van der Waals surface area contributed by atoms with Crippen molar-refractivity contribution in [3.63, 3.8) is 0 Å². The fraction of sp³-hybridized carbons (Fsp3) is 0.250. The highest BCUT2D eigenvalue weighted by Gasteiger charge is 2.17. The van der Waals surface area contributed by atoms with E-state index in [-0.39, 0.29) is 10.9 Å². The van der Waals surface area contributed by atoms with Gasteiger partial charge < -0.3 is 14.6 Å². The molecule has 0 spiro atoms. The number of benzene rings is 2. The van der Waals surface area contributed by atoms with Crippen LogP contribution in [0.1, 0.15) is 30.3 Å². The Morgan fingerprint density at radius 2 is 1.69 bits per heavy atom. The molecule has 1 aromatic heterocycles. The first-order valence-corrected chi connectivity index (χ1v) is 11.6. The van der Waals surface area contributed by atoms with Crippen molar-refractivity contribution in [3.05, 3.63) is 70.4 Å². The van der Waals surface area contributed by atoms with Crippen LogP contribution in [0.4, 0.5) is 11.4 Å². The highest BCUT2D eigenvalue weighted by molar-refractivity contribution is 7.80. The molecule has 166 valence electrons. The van der Waals surface area contributed by atoms with Gasteiger partial charge in [-0.05, 0) is 85.6 Å². The molecule has 0 radical (unpaired) electrons. The average Bonchev–Trinajstić information content (AvgIpc) is 3.25. The van der Waals surface area contributed by atoms with E-state index in [1.54, 1.807) is 30.3 Å². The Morgan fingerprint density at radius 1 is 1.03 bits per heavy atom. The number of nitrogens with zero attached hydrogens (tertiary/aromatic N) is 1. The van der Waals surface area contributed by atoms with Crippen LogP contribution in [-0.4, -0.2) is 24.1 Å². The molecule has 32 heavy (non-hydrogen) atoms. The van der Waals surface area contributed by atoms with Crippen molar-refractivity contribution < 1.29 is 9.21 Å². The van der Waals surface area contributed by atoms with Gasteiger partial charge in [0.15, 0.2) is 10.9 Å². The van der Waals surface area contributed by atoms with Gasteiger partial charge in [0, 0.05) is 40.1 Å². The first-order chi connectivity index (χ1) is 15.4. The van der Waals surface area contributed by atoms with Gasteiger partial charge in [-0.15, -0.1) is 0 Å². The lowest BCUT2D eigenvalue weighted by atomic mass is 9.99. The topological polar surface area (TPSA) is 57.5 Å². The Balaban J connectivity index is 1.34. The molecule has 2 aromatic carbocycles. The van der Waals surface area contributed by atoms with Crippen molar-refractivity contribution in [2.75, 3.05) is 23.3 Å². The number of furan rings is 1. The summed E-state index contributed by atoms with van der Waals surface area (Å²) in [6.07, 6.45) is 2.43. The average molecular weight is 488 g/mol. The predicted molar refractivity (Wildman–Crippen MR) is 135 cm³/mol. The summed E-state index contributed by atoms with van der Waals surface area (Å²) in [6.45, 7) is 4.46. The fourth-order valence-electron chi connectivity index (χ4n) is 3.66. The lowest BCUT2D eigenvalue weighted by Crippen LogP contribution is -2.34. The lowest BCUT2D eigenvalue weighted by molar-refractivity contribution is 0.0951. The number of rotatable bonds is 4. The summed E-state index contributed by atoms with van der Waals surface area (Å²) in [5.74, 6) is 0.971. The minimum Gasteiger partial charge on any atom is -0.451 e. The third kappa shape index (κ3) is 5.63. The van der Waals surface area contributed by atoms with E-state index in [1.807, 2.05) is 12.1 Å². The second kappa shape index (κ2) is 9.94. The summed E-state index contributed by atoms with van der Waals surface area (Å²) in [6, 6.07) is 16.4. The molecule has 1 fully saturated rings. The summed E-state index contributed by atoms with van der Waals surface area (Å²) >= 11 is 17.4. The van der Waals surface area contributed by atoms with E-state index in [1.165, 1.54) is 18.5 Å². The normalized spacial score (nSPS) is 14.3. The number of halogens is 2. The Labute approximate surface area is 202 Å². The quantitative estimate of drug-likeness (QED) is 0.405. The van der Waals surface area contributed by atoms with E-state index >= 15 is 0 Å². The van der Waals surface area contributed by atoms with Crippen molar-refractivity contribution in [1.82, 2.24) is 5.32 Å². The fourth-order valence-corrected chi connectivity index (χ4v) is 4.40. The number of amides is 1. The molecular weight excluding hydrogens is 465 g/mol. The number of hydrogen-bond acceptors (Lipinski definition) is 4. The molecule has 4 rings (SSSR count). The molecule has 2 heterocycles. The Hall–Kier alpha value is -2.54. The van der Waals surface area contributed by atoms with Crippen LogP contribution in [0, 0.1) is 5.92 Å². The van der Waals surface area contributed by atoms with Gasteiger partial charge in [0.1, 0.15) is 5.76 Å². The largest absolute Gasteiger partial charge is 0.451 e. The van der Waals surface area contributed by atoms with Gasteiger partial charge in [-0.25, -0.2) is 0 Å². The molecule has 8 heteroatoms. The van der Waals surface area contributed by atoms with Crippen LogP contribution in [0.25, 0.3) is 11.3 Å². The molecule has 1 amide bonds. The van der Waals surface area contributed by atoms with Crippen LogP contribution < -0.4 is 15.5 Å². The monoisotopic (exact) mass is 487 g/mol. The van der Waals surface area contributed by atoms with Crippen LogP contribution in [0.3, 0.4) is 0 Å². The van der Waals surface area contributed by atoms with E-state index in [4.69, 9.17) is 39.8 Å². The first kappa shape index (κ1) is 22.6. The summed E-state index contributed by atoms with van der Waals surface area (Å²) in [4.78, 5) is 14.9. The summed E-state index contributed by atoms with van der Waals surface area (Å²) < 4.78 is 5.66. The third-order valence-corrected chi connectivity index (χ3v) is 6.12. The van der Waals surface area contributed by atoms with Crippen LogP contribution in [0.15, 0.2) is 59.0 Å². The van der Waals surface area contributed by atoms with Crippen molar-refractivity contribution in [2.45, 2.75) is 19.8 Å². The van der Waals surface area contributed by atoms with Gasteiger partial charge in [0.05, 0.1) is 0 Å². The zero-order valence-electron chi connectivity index (χ0n) is 17.5. The number of anilines is 2. The van der Waals surface area contributed by atoms with Gasteiger partial charge >= 0.3 is 0 Å². The third-order valence-electron chi connectivity index (χ3n) is 5.48. The van der Waals surface area contributed by atoms with Gasteiger partial charge in [0.25, 0.3) is 5.91 Å². The molecule has 1 aliphatic rings. The van der Waals surface area contributed by atoms with Gasteiger partial charge in [-0.1, -0.05) is 30.1 Å². The number of nitrogens with one attached hydrogen (secondary N) is 2. The standard InChI is InChI=1S/C24H23Cl2N3O2S/c1-15-8-10-29(11-9-15)20-4-2-19(3-5-20)27-24(32)28-23(30)22-7-6-21(31-22)16-12-17(25)14-18(26)13-16/h2-7,12-15H,8-11H2,1H3,(H2,27,28,30,32). The maximum atomic E-state index is 12.5. The maximum Gasteiger partial charge on any atom is 0.293 e. The predicted octanol–water partition coefficient (Wildman–Crippen LogP) is 6.62. The number of piperidine rings is 1. The molecule has 1 saturated heterocycles. The number of hydrogen-bond donors (Lipinski definition) is 2. The molecule has 0 atom stereocenters. The molecule has 0 unspecified atom stereocenters. The SMILES string of the molecule is CC1CCN(c2ccc(NC(=S)NC(=O)c3ccc(-c4cc(Cl)cc(Cl)c4)o3)cc2)CC1. The van der Waals surface area contributed by atoms with Crippen molar-refractivity contribution in [2.24, 2.45) is 5.92 Å². The van der Waals surface area contributed by atoms with E-state index in [2.05, 4.69) is 34.6 Å². The Bertz CT molecular complexity index is 1100. The molecule has 1 aliphatic heterocycles. The Kier molecular flexibility index (Phi) is 7.04. The molecule has 3 aromatic rings. The van der Waals surface area contributed by atoms with E-state index < -0.39 is 5.91 Å². The van der Waals surface area contributed by atoms with Crippen LogP contribution >= 0.6 is 35.4 Å². The van der Waals surface area contributed by atoms with Crippen molar-refractivity contribution >= 4 is 57.8 Å². The smallest absolute Gasteiger partial charge is 0.293 e. The van der Waals surface area contributed by atoms with E-state index in [0.717, 1.165) is 24.7 Å². The molecular formula is C24H23Cl2N3O2S. The van der Waals surface area contributed by atoms with E-state index in [9.17, 15) is 4.79 Å². The summed E-state index contributed by atoms with van der Waals surface area (Å²) in [5, 5.41) is 6.85. The number of carbonyl (C=O) groups excluding carboxylic acids is 1.